The summed E-state index contributed by atoms with van der Waals surface area (Å²) in [6.07, 6.45) is 0.792. The second-order valence-corrected chi connectivity index (χ2v) is 9.36. The fraction of sp³-hybridized carbons (Fsp3) is 0.471. The molecule has 0 spiro atoms. The summed E-state index contributed by atoms with van der Waals surface area (Å²) in [5, 5.41) is 13.6. The monoisotopic (exact) mass is 439 g/mol. The molecule has 12 nitrogen and oxygen atoms in total. The van der Waals surface area contributed by atoms with Gasteiger partial charge in [-0.1, -0.05) is 0 Å². The summed E-state index contributed by atoms with van der Waals surface area (Å²) in [6.45, 7) is -0.0410. The number of nitro groups is 1. The molecule has 0 aromatic heterocycles. The van der Waals surface area contributed by atoms with E-state index in [1.54, 1.807) is 0 Å². The molecule has 1 saturated heterocycles. The van der Waals surface area contributed by atoms with Crippen LogP contribution in [0.4, 0.5) is 5.69 Å². The third-order valence-electron chi connectivity index (χ3n) is 5.07. The molecule has 3 amide bonds. The molecule has 1 fully saturated rings. The van der Waals surface area contributed by atoms with E-state index < -0.39 is 39.4 Å². The van der Waals surface area contributed by atoms with E-state index in [9.17, 15) is 32.9 Å². The molecule has 1 aromatic carbocycles. The maximum atomic E-state index is 12.5. The van der Waals surface area contributed by atoms with E-state index in [0.717, 1.165) is 21.3 Å². The van der Waals surface area contributed by atoms with Gasteiger partial charge in [-0.25, -0.2) is 0 Å². The number of nitrogens with zero attached hydrogens (tertiary/aromatic N) is 4. The fourth-order valence-corrected chi connectivity index (χ4v) is 4.55. The van der Waals surface area contributed by atoms with Crippen LogP contribution in [0.2, 0.25) is 0 Å². The summed E-state index contributed by atoms with van der Waals surface area (Å²) in [6, 6.07) is 3.06. The summed E-state index contributed by atoms with van der Waals surface area (Å²) >= 11 is 0. The van der Waals surface area contributed by atoms with E-state index in [4.69, 9.17) is 0 Å². The minimum Gasteiger partial charge on any atom is -0.352 e. The third-order valence-corrected chi connectivity index (χ3v) is 7.01. The van der Waals surface area contributed by atoms with E-state index in [1.807, 2.05) is 0 Å². The predicted octanol–water partition coefficient (Wildman–Crippen LogP) is -0.422. The molecule has 0 atom stereocenters. The van der Waals surface area contributed by atoms with Crippen molar-refractivity contribution in [3.8, 4) is 0 Å². The van der Waals surface area contributed by atoms with E-state index in [2.05, 4.69) is 5.32 Å². The lowest BCUT2D eigenvalue weighted by Crippen LogP contribution is -2.51. The summed E-state index contributed by atoms with van der Waals surface area (Å²) in [5.74, 6) is -2.01. The average Bonchev–Trinajstić information content (AvgIpc) is 2.92. The minimum atomic E-state index is -3.52. The largest absolute Gasteiger partial charge is 0.352 e. The molecular weight excluding hydrogens is 418 g/mol. The molecule has 2 aliphatic heterocycles. The van der Waals surface area contributed by atoms with Gasteiger partial charge in [0.2, 0.25) is 5.91 Å². The Hall–Kier alpha value is -2.90. The van der Waals surface area contributed by atoms with Crippen molar-refractivity contribution in [1.29, 1.82) is 0 Å². The van der Waals surface area contributed by atoms with Gasteiger partial charge in [0, 0.05) is 45.4 Å². The average molecular weight is 439 g/mol. The molecule has 3 rings (SSSR count). The first-order valence-corrected chi connectivity index (χ1v) is 10.5. The molecule has 0 radical (unpaired) electrons. The van der Waals surface area contributed by atoms with Gasteiger partial charge in [0.15, 0.2) is 0 Å². The Kier molecular flexibility index (Phi) is 5.87. The quantitative estimate of drug-likeness (QED) is 0.359. The van der Waals surface area contributed by atoms with Gasteiger partial charge in [0.05, 0.1) is 16.1 Å². The van der Waals surface area contributed by atoms with Gasteiger partial charge in [-0.3, -0.25) is 29.4 Å². The third kappa shape index (κ3) is 4.04. The maximum Gasteiger partial charge on any atom is 0.281 e. The highest BCUT2D eigenvalue weighted by Gasteiger charge is 2.38. The summed E-state index contributed by atoms with van der Waals surface area (Å²) in [7, 11) is -0.628. The topological polar surface area (TPSA) is 150 Å². The van der Waals surface area contributed by atoms with E-state index >= 15 is 0 Å². The van der Waals surface area contributed by atoms with E-state index in [-0.39, 0.29) is 35.9 Å². The van der Waals surface area contributed by atoms with Gasteiger partial charge in [0.25, 0.3) is 27.7 Å². The van der Waals surface area contributed by atoms with Crippen LogP contribution in [-0.4, -0.2) is 84.3 Å². The van der Waals surface area contributed by atoms with Crippen LogP contribution in [-0.2, 0) is 15.0 Å². The van der Waals surface area contributed by atoms with Crippen molar-refractivity contribution in [2.75, 3.05) is 33.7 Å². The molecule has 13 heteroatoms. The summed E-state index contributed by atoms with van der Waals surface area (Å²) in [5.41, 5.74) is -0.412. The first-order chi connectivity index (χ1) is 14.0. The Morgan fingerprint density at radius 1 is 1.20 bits per heavy atom. The number of benzene rings is 1. The van der Waals surface area contributed by atoms with Crippen LogP contribution in [0.25, 0.3) is 0 Å². The molecule has 0 bridgehead atoms. The number of rotatable bonds is 6. The van der Waals surface area contributed by atoms with Gasteiger partial charge in [-0.2, -0.15) is 17.0 Å². The fourth-order valence-electron chi connectivity index (χ4n) is 3.41. The number of fused-ring (bicyclic) bond motifs is 1. The number of nitrogens with one attached hydrogen (secondary N) is 1. The number of carbonyl (C=O) groups is 3. The molecule has 162 valence electrons. The lowest BCUT2D eigenvalue weighted by molar-refractivity contribution is -0.384. The maximum absolute atomic E-state index is 12.5. The molecule has 2 heterocycles. The van der Waals surface area contributed by atoms with Crippen molar-refractivity contribution in [3.05, 3.63) is 39.4 Å². The molecule has 1 aromatic rings. The standard InChI is InChI=1S/C17H21N5O7S/c1-19(2)30(28,29)20-7-5-11(6-8-20)18-15(23)10-21-16(24)13-4-3-12(22(26)27)9-14(13)17(21)25/h3-4,9,11H,5-8,10H2,1-2H3,(H,18,23). The highest BCUT2D eigenvalue weighted by Crippen LogP contribution is 2.26. The van der Waals surface area contributed by atoms with E-state index in [1.165, 1.54) is 24.5 Å². The Labute approximate surface area is 172 Å². The zero-order valence-corrected chi connectivity index (χ0v) is 17.2. The van der Waals surface area contributed by atoms with E-state index in [0.29, 0.717) is 12.8 Å². The number of imide groups is 1. The van der Waals surface area contributed by atoms with Crippen molar-refractivity contribution in [3.63, 3.8) is 0 Å². The predicted molar refractivity (Wildman–Crippen MR) is 104 cm³/mol. The van der Waals surface area contributed by atoms with Crippen LogP contribution in [0.15, 0.2) is 18.2 Å². The van der Waals surface area contributed by atoms with Crippen molar-refractivity contribution in [2.45, 2.75) is 18.9 Å². The zero-order chi connectivity index (χ0) is 22.2. The van der Waals surface area contributed by atoms with Gasteiger partial charge < -0.3 is 5.32 Å². The molecule has 1 N–H and O–H groups in total. The Bertz CT molecular complexity index is 1020. The van der Waals surface area contributed by atoms with Gasteiger partial charge >= 0.3 is 0 Å². The van der Waals surface area contributed by atoms with Crippen LogP contribution in [0.3, 0.4) is 0 Å². The van der Waals surface area contributed by atoms with Crippen LogP contribution in [0.5, 0.6) is 0 Å². The number of piperidine rings is 1. The number of non-ortho nitro benzene ring substituents is 1. The molecular formula is C17H21N5O7S. The normalized spacial score (nSPS) is 18.0. The molecule has 30 heavy (non-hydrogen) atoms. The van der Waals surface area contributed by atoms with Crippen molar-refractivity contribution in [2.24, 2.45) is 0 Å². The molecule has 0 saturated carbocycles. The number of hydrogen-bond acceptors (Lipinski definition) is 7. The second kappa shape index (κ2) is 8.08. The van der Waals surface area contributed by atoms with Crippen LogP contribution in [0, 0.1) is 10.1 Å². The highest BCUT2D eigenvalue weighted by atomic mass is 32.2. The second-order valence-electron chi connectivity index (χ2n) is 7.21. The van der Waals surface area contributed by atoms with Gasteiger partial charge in [0.1, 0.15) is 6.54 Å². The summed E-state index contributed by atoms with van der Waals surface area (Å²) in [4.78, 5) is 48.2. The summed E-state index contributed by atoms with van der Waals surface area (Å²) < 4.78 is 26.7. The Balaban J connectivity index is 1.59. The lowest BCUT2D eigenvalue weighted by atomic mass is 10.1. The van der Waals surface area contributed by atoms with Crippen LogP contribution in [0.1, 0.15) is 33.6 Å². The van der Waals surface area contributed by atoms with Crippen molar-refractivity contribution >= 4 is 33.6 Å². The SMILES string of the molecule is CN(C)S(=O)(=O)N1CCC(NC(=O)CN2C(=O)c3ccc([N+](=O)[O-])cc3C2=O)CC1. The highest BCUT2D eigenvalue weighted by molar-refractivity contribution is 7.86. The van der Waals surface area contributed by atoms with Gasteiger partial charge in [-0.05, 0) is 18.9 Å². The first kappa shape index (κ1) is 21.8. The first-order valence-electron chi connectivity index (χ1n) is 9.14. The smallest absolute Gasteiger partial charge is 0.281 e. The Morgan fingerprint density at radius 3 is 2.37 bits per heavy atom. The van der Waals surface area contributed by atoms with Crippen molar-refractivity contribution < 1.29 is 27.7 Å². The molecule has 0 aliphatic carbocycles. The van der Waals surface area contributed by atoms with Gasteiger partial charge in [-0.15, -0.1) is 0 Å². The lowest BCUT2D eigenvalue weighted by Gasteiger charge is -2.33. The number of carbonyl (C=O) groups excluding carboxylic acids is 3. The molecule has 2 aliphatic rings. The molecule has 0 unspecified atom stereocenters. The van der Waals surface area contributed by atoms with Crippen LogP contribution < -0.4 is 5.32 Å². The number of amides is 3. The Morgan fingerprint density at radius 2 is 1.80 bits per heavy atom. The van der Waals surface area contributed by atoms with Crippen molar-refractivity contribution in [1.82, 2.24) is 18.8 Å². The number of hydrogen-bond donors (Lipinski definition) is 1. The van der Waals surface area contributed by atoms with Crippen LogP contribution >= 0.6 is 0 Å². The minimum absolute atomic E-state index is 0.0144. The number of nitro benzene ring substituents is 1. The zero-order valence-electron chi connectivity index (χ0n) is 16.4.